The lowest BCUT2D eigenvalue weighted by molar-refractivity contribution is -0.136. The second-order valence-corrected chi connectivity index (χ2v) is 13.8. The highest BCUT2D eigenvalue weighted by molar-refractivity contribution is 7.89. The van der Waals surface area contributed by atoms with E-state index in [4.69, 9.17) is 16.3 Å². The molecule has 0 saturated heterocycles. The first kappa shape index (κ1) is 33.8. The molecule has 0 amide bonds. The molecular formula is C32H42ClN3O7S. The maximum absolute atomic E-state index is 13.3. The van der Waals surface area contributed by atoms with E-state index >= 15 is 0 Å². The molecule has 2 aliphatic rings. The molecule has 44 heavy (non-hydrogen) atoms. The summed E-state index contributed by atoms with van der Waals surface area (Å²) in [6, 6.07) is 14.0. The molecule has 3 N–H and O–H groups in total. The first-order valence-corrected chi connectivity index (χ1v) is 17.1. The van der Waals surface area contributed by atoms with Gasteiger partial charge in [0, 0.05) is 16.5 Å². The maximum atomic E-state index is 13.3. The second-order valence-electron chi connectivity index (χ2n) is 11.3. The van der Waals surface area contributed by atoms with Crippen LogP contribution in [0.1, 0.15) is 62.3 Å². The number of aliphatic carboxylic acids is 2. The number of rotatable bonds is 16. The van der Waals surface area contributed by atoms with Crippen molar-refractivity contribution < 1.29 is 33.0 Å². The van der Waals surface area contributed by atoms with Crippen LogP contribution in [0, 0.1) is 0 Å². The number of fused-ring (bicyclic) bond motifs is 1. The summed E-state index contributed by atoms with van der Waals surface area (Å²) in [7, 11) is -4.16. The Labute approximate surface area is 264 Å². The van der Waals surface area contributed by atoms with Crippen molar-refractivity contribution in [2.45, 2.75) is 57.4 Å². The molecule has 0 radical (unpaired) electrons. The number of carboxylic acids is 2. The van der Waals surface area contributed by atoms with Gasteiger partial charge >= 0.3 is 11.9 Å². The molecule has 1 aliphatic carbocycles. The smallest absolute Gasteiger partial charge is 0.353 e. The second kappa shape index (κ2) is 14.8. The number of nitrogens with one attached hydrogen (secondary N) is 1. The van der Waals surface area contributed by atoms with Gasteiger partial charge in [-0.1, -0.05) is 50.1 Å². The van der Waals surface area contributed by atoms with Crippen molar-refractivity contribution in [3.05, 3.63) is 76.0 Å². The molecule has 1 saturated carbocycles. The zero-order valence-corrected chi connectivity index (χ0v) is 26.9. The minimum absolute atomic E-state index is 0.0597. The van der Waals surface area contributed by atoms with E-state index in [2.05, 4.69) is 22.3 Å². The number of carbonyl (C=O) groups is 2. The molecule has 2 aromatic rings. The lowest BCUT2D eigenvalue weighted by atomic mass is 9.58. The number of hydrogen-bond donors (Lipinski definition) is 3. The average molecular weight is 648 g/mol. The third kappa shape index (κ3) is 7.74. The van der Waals surface area contributed by atoms with Crippen molar-refractivity contribution in [2.24, 2.45) is 0 Å². The van der Waals surface area contributed by atoms with E-state index in [9.17, 15) is 28.2 Å². The van der Waals surface area contributed by atoms with Crippen LogP contribution in [-0.2, 0) is 31.4 Å². The number of halogens is 1. The monoisotopic (exact) mass is 647 g/mol. The van der Waals surface area contributed by atoms with Gasteiger partial charge in [0.15, 0.2) is 0 Å². The van der Waals surface area contributed by atoms with Crippen LogP contribution in [0.15, 0.2) is 54.2 Å². The minimum atomic E-state index is -4.16. The fraction of sp³-hybridized carbons (Fsp3) is 0.500. The van der Waals surface area contributed by atoms with Crippen LogP contribution in [0.25, 0.3) is 0 Å². The Morgan fingerprint density at radius 3 is 2.39 bits per heavy atom. The van der Waals surface area contributed by atoms with Gasteiger partial charge in [0.05, 0.1) is 18.4 Å². The molecule has 0 bridgehead atoms. The summed E-state index contributed by atoms with van der Waals surface area (Å²) < 4.78 is 33.3. The van der Waals surface area contributed by atoms with E-state index in [1.807, 2.05) is 44.2 Å². The Morgan fingerprint density at radius 2 is 1.80 bits per heavy atom. The van der Waals surface area contributed by atoms with Crippen molar-refractivity contribution in [3.63, 3.8) is 0 Å². The van der Waals surface area contributed by atoms with E-state index in [0.29, 0.717) is 27.7 Å². The van der Waals surface area contributed by atoms with Gasteiger partial charge in [-0.2, -0.15) is 0 Å². The van der Waals surface area contributed by atoms with Gasteiger partial charge in [0.1, 0.15) is 18.1 Å². The lowest BCUT2D eigenvalue weighted by Crippen LogP contribution is -2.49. The van der Waals surface area contributed by atoms with Gasteiger partial charge < -0.3 is 25.2 Å². The van der Waals surface area contributed by atoms with Crippen LogP contribution in [0.5, 0.6) is 5.75 Å². The zero-order chi connectivity index (χ0) is 31.9. The first-order chi connectivity index (χ1) is 21.0. The number of carboxylic acid groups (broad SMARTS) is 2. The Morgan fingerprint density at radius 1 is 1.09 bits per heavy atom. The molecule has 1 atom stereocenters. The van der Waals surface area contributed by atoms with Crippen LogP contribution in [0.4, 0.5) is 0 Å². The molecule has 1 fully saturated rings. The van der Waals surface area contributed by atoms with Crippen LogP contribution in [0.2, 0.25) is 5.02 Å². The summed E-state index contributed by atoms with van der Waals surface area (Å²) in [6.07, 6.45) is 4.74. The predicted octanol–water partition coefficient (Wildman–Crippen LogP) is 4.44. The molecule has 4 rings (SSSR count). The van der Waals surface area contributed by atoms with E-state index in [0.717, 1.165) is 50.9 Å². The first-order valence-electron chi connectivity index (χ1n) is 15.2. The van der Waals surface area contributed by atoms with Crippen molar-refractivity contribution in [1.82, 2.24) is 14.5 Å². The minimum Gasteiger partial charge on any atom is -0.492 e. The van der Waals surface area contributed by atoms with Gasteiger partial charge in [0.2, 0.25) is 10.0 Å². The average Bonchev–Trinajstić information content (AvgIpc) is 2.97. The number of ether oxygens (including phenoxy) is 1. The number of nitrogens with zero attached hydrogens (tertiary/aromatic N) is 2. The van der Waals surface area contributed by atoms with Gasteiger partial charge in [-0.05, 0) is 92.8 Å². The summed E-state index contributed by atoms with van der Waals surface area (Å²) in [6.45, 7) is 6.30. The molecule has 1 aliphatic heterocycles. The van der Waals surface area contributed by atoms with Crippen LogP contribution in [0.3, 0.4) is 0 Å². The fourth-order valence-corrected chi connectivity index (χ4v) is 7.95. The molecule has 2 aromatic carbocycles. The summed E-state index contributed by atoms with van der Waals surface area (Å²) in [4.78, 5) is 25.5. The molecule has 240 valence electrons. The molecule has 0 spiro atoms. The molecule has 0 aromatic heterocycles. The summed E-state index contributed by atoms with van der Waals surface area (Å²) in [5, 5.41) is 23.4. The van der Waals surface area contributed by atoms with E-state index < -0.39 is 27.7 Å². The number of hydrogen-bond acceptors (Lipinski definition) is 7. The fourth-order valence-electron chi connectivity index (χ4n) is 6.33. The Balaban J connectivity index is 1.54. The molecule has 1 heterocycles. The van der Waals surface area contributed by atoms with Crippen LogP contribution < -0.4 is 10.1 Å². The normalized spacial score (nSPS) is 17.9. The zero-order valence-electron chi connectivity index (χ0n) is 25.3. The highest BCUT2D eigenvalue weighted by atomic mass is 35.5. The Bertz CT molecular complexity index is 1450. The summed E-state index contributed by atoms with van der Waals surface area (Å²) >= 11 is 6.18. The van der Waals surface area contributed by atoms with E-state index in [-0.39, 0.29) is 36.8 Å². The molecule has 12 heteroatoms. The summed E-state index contributed by atoms with van der Waals surface area (Å²) in [5.74, 6) is -2.99. The van der Waals surface area contributed by atoms with E-state index in [1.165, 1.54) is 11.1 Å². The van der Waals surface area contributed by atoms with Crippen LogP contribution in [-0.4, -0.2) is 84.9 Å². The summed E-state index contributed by atoms with van der Waals surface area (Å²) in [5.41, 5.74) is 2.68. The van der Waals surface area contributed by atoms with Crippen molar-refractivity contribution in [3.8, 4) is 5.75 Å². The molecular weight excluding hydrogens is 606 g/mol. The quantitative estimate of drug-likeness (QED) is 0.226. The standard InChI is InChI=1S/C32H42ClN3O7S/c1-3-35(4-2)17-6-20-44(41,42)36(28(31(39)40)22-29(37)38)18-19-43-26-12-7-23-13-16-34-30(27(23)21-26)32(14-5-15-32)24-8-10-25(33)11-9-24/h7-12,21-22,30,34H,3-6,13-20H2,1-2H3,(H,37,38)(H,39,40)/b28-22-. The van der Waals surface area contributed by atoms with Gasteiger partial charge in [0.25, 0.3) is 0 Å². The highest BCUT2D eigenvalue weighted by Crippen LogP contribution is 2.53. The van der Waals surface area contributed by atoms with Gasteiger partial charge in [-0.3, -0.25) is 4.31 Å². The van der Waals surface area contributed by atoms with Crippen molar-refractivity contribution >= 4 is 33.6 Å². The lowest BCUT2D eigenvalue weighted by Gasteiger charge is -2.50. The topological polar surface area (TPSA) is 136 Å². The molecule has 10 nitrogen and oxygen atoms in total. The predicted molar refractivity (Wildman–Crippen MR) is 170 cm³/mol. The third-order valence-electron chi connectivity index (χ3n) is 8.81. The van der Waals surface area contributed by atoms with Crippen molar-refractivity contribution in [1.29, 1.82) is 0 Å². The number of sulfonamides is 1. The van der Waals surface area contributed by atoms with Gasteiger partial charge in [-0.25, -0.2) is 18.0 Å². The van der Waals surface area contributed by atoms with E-state index in [1.54, 1.807) is 0 Å². The SMILES string of the molecule is CCN(CC)CCCS(=O)(=O)N(CCOc1ccc2c(c1)C(C1(c3ccc(Cl)cc3)CCC1)NCC2)/C(=C\C(=O)O)C(=O)O. The van der Waals surface area contributed by atoms with Crippen LogP contribution >= 0.6 is 11.6 Å². The third-order valence-corrected chi connectivity index (χ3v) is 10.9. The highest BCUT2D eigenvalue weighted by Gasteiger charge is 2.47. The maximum Gasteiger partial charge on any atom is 0.353 e. The number of benzene rings is 2. The Hall–Kier alpha value is -3.12. The van der Waals surface area contributed by atoms with Crippen molar-refractivity contribution in [2.75, 3.05) is 45.1 Å². The largest absolute Gasteiger partial charge is 0.492 e. The van der Waals surface area contributed by atoms with Gasteiger partial charge in [-0.15, -0.1) is 0 Å². The molecule has 1 unspecified atom stereocenters. The Kier molecular flexibility index (Phi) is 11.3.